The molecule has 0 aliphatic heterocycles. The number of carbonyl (C=O) groups is 2. The van der Waals surface area contributed by atoms with Crippen LogP contribution >= 0.6 is 0 Å². The molecule has 116 valence electrons. The van der Waals surface area contributed by atoms with Gasteiger partial charge >= 0.3 is 5.97 Å². The number of nitrogens with one attached hydrogen (secondary N) is 1. The molecule has 1 rings (SSSR count). The van der Waals surface area contributed by atoms with Crippen LogP contribution in [0.25, 0.3) is 0 Å². The highest BCUT2D eigenvalue weighted by Crippen LogP contribution is 2.16. The largest absolute Gasteiger partial charge is 0.492 e. The molecular weight excluding hydrogens is 272 g/mol. The average molecular weight is 294 g/mol. The van der Waals surface area contributed by atoms with E-state index in [0.717, 1.165) is 12.3 Å². The lowest BCUT2D eigenvalue weighted by Crippen LogP contribution is -2.19. The second kappa shape index (κ2) is 8.97. The zero-order valence-electron chi connectivity index (χ0n) is 12.5. The lowest BCUT2D eigenvalue weighted by Gasteiger charge is -2.11. The molecule has 0 bridgehead atoms. The average Bonchev–Trinajstić information content (AvgIpc) is 2.40. The molecule has 1 aromatic rings. The molecule has 21 heavy (non-hydrogen) atoms. The third kappa shape index (κ3) is 7.94. The normalized spacial score (nSPS) is 10.4. The molecule has 0 atom stereocenters. The molecule has 0 spiro atoms. The van der Waals surface area contributed by atoms with E-state index in [0.29, 0.717) is 18.7 Å². The standard InChI is InChI=1S/C15H22N2O4/c1-17(2)10-11-21-13-8-6-12(7-9-13)16-14(18)4-3-5-15(19)20/h6-9H,3-5,10-11H2,1-2H3,(H,16,18)(H,19,20). The van der Waals surface area contributed by atoms with Crippen molar-refractivity contribution in [1.29, 1.82) is 0 Å². The van der Waals surface area contributed by atoms with Gasteiger partial charge in [0.2, 0.25) is 5.91 Å². The van der Waals surface area contributed by atoms with Crippen molar-refractivity contribution in [3.63, 3.8) is 0 Å². The molecule has 0 saturated carbocycles. The Hall–Kier alpha value is -2.08. The van der Waals surface area contributed by atoms with Gasteiger partial charge in [0.25, 0.3) is 0 Å². The minimum Gasteiger partial charge on any atom is -0.492 e. The summed E-state index contributed by atoms with van der Waals surface area (Å²) >= 11 is 0. The fourth-order valence-corrected chi connectivity index (χ4v) is 1.60. The Morgan fingerprint density at radius 2 is 1.86 bits per heavy atom. The Morgan fingerprint density at radius 3 is 2.43 bits per heavy atom. The molecule has 6 heteroatoms. The van der Waals surface area contributed by atoms with Crippen molar-refractivity contribution in [2.45, 2.75) is 19.3 Å². The van der Waals surface area contributed by atoms with Crippen LogP contribution in [0.15, 0.2) is 24.3 Å². The number of nitrogens with zero attached hydrogens (tertiary/aromatic N) is 1. The number of rotatable bonds is 9. The van der Waals surface area contributed by atoms with Crippen LogP contribution in [0.1, 0.15) is 19.3 Å². The summed E-state index contributed by atoms with van der Waals surface area (Å²) in [7, 11) is 3.96. The number of carbonyl (C=O) groups excluding carboxylic acids is 1. The van der Waals surface area contributed by atoms with Gasteiger partial charge in [0.05, 0.1) is 0 Å². The fourth-order valence-electron chi connectivity index (χ4n) is 1.60. The van der Waals surface area contributed by atoms with Gasteiger partial charge in [0.15, 0.2) is 0 Å². The third-order valence-corrected chi connectivity index (χ3v) is 2.74. The van der Waals surface area contributed by atoms with E-state index in [1.807, 2.05) is 19.0 Å². The van der Waals surface area contributed by atoms with Gasteiger partial charge in [-0.25, -0.2) is 0 Å². The van der Waals surface area contributed by atoms with E-state index in [1.54, 1.807) is 24.3 Å². The van der Waals surface area contributed by atoms with Crippen LogP contribution in [0.5, 0.6) is 5.75 Å². The summed E-state index contributed by atoms with van der Waals surface area (Å²) in [6.45, 7) is 1.44. The number of carboxylic acid groups (broad SMARTS) is 1. The molecule has 1 aromatic carbocycles. The van der Waals surface area contributed by atoms with Gasteiger partial charge in [-0.2, -0.15) is 0 Å². The Labute approximate surface area is 124 Å². The highest BCUT2D eigenvalue weighted by Gasteiger charge is 2.04. The zero-order chi connectivity index (χ0) is 15.7. The number of benzene rings is 1. The molecule has 6 nitrogen and oxygen atoms in total. The van der Waals surface area contributed by atoms with Gasteiger partial charge in [-0.3, -0.25) is 9.59 Å². The van der Waals surface area contributed by atoms with E-state index in [1.165, 1.54) is 0 Å². The molecule has 0 heterocycles. The number of hydrogen-bond donors (Lipinski definition) is 2. The first kappa shape index (κ1) is 17.0. The predicted octanol–water partition coefficient (Wildman–Crippen LogP) is 1.82. The summed E-state index contributed by atoms with van der Waals surface area (Å²) in [4.78, 5) is 24.0. The van der Waals surface area contributed by atoms with E-state index < -0.39 is 5.97 Å². The van der Waals surface area contributed by atoms with Gasteiger partial charge in [-0.1, -0.05) is 0 Å². The van der Waals surface area contributed by atoms with Crippen molar-refractivity contribution >= 4 is 17.6 Å². The minimum atomic E-state index is -0.887. The number of amides is 1. The smallest absolute Gasteiger partial charge is 0.303 e. The Kier molecular flexibility index (Phi) is 7.25. The van der Waals surface area contributed by atoms with Gasteiger partial charge in [-0.05, 0) is 44.8 Å². The number of ether oxygens (including phenoxy) is 1. The minimum absolute atomic E-state index is 0.00602. The molecule has 0 unspecified atom stereocenters. The molecule has 2 N–H and O–H groups in total. The molecule has 0 aliphatic rings. The third-order valence-electron chi connectivity index (χ3n) is 2.74. The maximum Gasteiger partial charge on any atom is 0.303 e. The molecule has 0 aromatic heterocycles. The Balaban J connectivity index is 2.33. The van der Waals surface area contributed by atoms with Gasteiger partial charge in [-0.15, -0.1) is 0 Å². The van der Waals surface area contributed by atoms with Crippen molar-refractivity contribution in [2.75, 3.05) is 32.6 Å². The molecule has 0 aliphatic carbocycles. The van der Waals surface area contributed by atoms with E-state index >= 15 is 0 Å². The van der Waals surface area contributed by atoms with Crippen LogP contribution in [0.4, 0.5) is 5.69 Å². The van der Waals surface area contributed by atoms with Crippen molar-refractivity contribution in [3.8, 4) is 5.75 Å². The maximum atomic E-state index is 11.6. The van der Waals surface area contributed by atoms with Crippen molar-refractivity contribution in [2.24, 2.45) is 0 Å². The maximum absolute atomic E-state index is 11.6. The van der Waals surface area contributed by atoms with Crippen LogP contribution in [-0.4, -0.2) is 49.1 Å². The molecule has 1 amide bonds. The van der Waals surface area contributed by atoms with E-state index in [2.05, 4.69) is 5.32 Å². The topological polar surface area (TPSA) is 78.9 Å². The van der Waals surface area contributed by atoms with Gasteiger partial charge in [0, 0.05) is 25.1 Å². The first-order chi connectivity index (χ1) is 9.97. The number of likely N-dealkylation sites (N-methyl/N-ethyl adjacent to an activating group) is 1. The highest BCUT2D eigenvalue weighted by molar-refractivity contribution is 5.90. The van der Waals surface area contributed by atoms with Crippen molar-refractivity contribution in [1.82, 2.24) is 4.90 Å². The van der Waals surface area contributed by atoms with Crippen molar-refractivity contribution in [3.05, 3.63) is 24.3 Å². The van der Waals surface area contributed by atoms with Gasteiger partial charge in [0.1, 0.15) is 12.4 Å². The van der Waals surface area contributed by atoms with Crippen LogP contribution in [0.3, 0.4) is 0 Å². The fraction of sp³-hybridized carbons (Fsp3) is 0.467. The number of anilines is 1. The van der Waals surface area contributed by atoms with Crippen LogP contribution in [0.2, 0.25) is 0 Å². The van der Waals surface area contributed by atoms with Crippen LogP contribution in [0, 0.1) is 0 Å². The van der Waals surface area contributed by atoms with Crippen molar-refractivity contribution < 1.29 is 19.4 Å². The summed E-state index contributed by atoms with van der Waals surface area (Å²) in [6.07, 6.45) is 0.548. The van der Waals surface area contributed by atoms with Crippen LogP contribution in [-0.2, 0) is 9.59 Å². The summed E-state index contributed by atoms with van der Waals surface area (Å²) < 4.78 is 5.55. The van der Waals surface area contributed by atoms with E-state index in [9.17, 15) is 9.59 Å². The summed E-state index contributed by atoms with van der Waals surface area (Å²) in [5.41, 5.74) is 0.676. The van der Waals surface area contributed by atoms with Gasteiger partial charge < -0.3 is 20.1 Å². The number of aliphatic carboxylic acids is 1. The Morgan fingerprint density at radius 1 is 1.19 bits per heavy atom. The highest BCUT2D eigenvalue weighted by atomic mass is 16.5. The zero-order valence-corrected chi connectivity index (χ0v) is 12.5. The molecule has 0 fully saturated rings. The SMILES string of the molecule is CN(C)CCOc1ccc(NC(=O)CCCC(=O)O)cc1. The lowest BCUT2D eigenvalue weighted by atomic mass is 10.2. The Bertz CT molecular complexity index is 457. The number of carboxylic acids is 1. The van der Waals surface area contributed by atoms with E-state index in [-0.39, 0.29) is 18.7 Å². The molecule has 0 saturated heterocycles. The first-order valence-electron chi connectivity index (χ1n) is 6.86. The number of hydrogen-bond acceptors (Lipinski definition) is 4. The second-order valence-electron chi connectivity index (χ2n) is 4.97. The molecular formula is C15H22N2O4. The summed E-state index contributed by atoms with van der Waals surface area (Å²) in [5.74, 6) is -0.319. The molecule has 0 radical (unpaired) electrons. The summed E-state index contributed by atoms with van der Waals surface area (Å²) in [5, 5.41) is 11.2. The van der Waals surface area contributed by atoms with E-state index in [4.69, 9.17) is 9.84 Å². The monoisotopic (exact) mass is 294 g/mol. The summed E-state index contributed by atoms with van der Waals surface area (Å²) in [6, 6.07) is 7.12. The second-order valence-corrected chi connectivity index (χ2v) is 4.97. The lowest BCUT2D eigenvalue weighted by molar-refractivity contribution is -0.137. The quantitative estimate of drug-likeness (QED) is 0.726. The first-order valence-corrected chi connectivity index (χ1v) is 6.86. The predicted molar refractivity (Wildman–Crippen MR) is 80.6 cm³/mol. The van der Waals surface area contributed by atoms with Crippen LogP contribution < -0.4 is 10.1 Å².